The maximum Gasteiger partial charge on any atom is 0.0205 e. The van der Waals surface area contributed by atoms with E-state index < -0.39 is 0 Å². The molecule has 13 heavy (non-hydrogen) atoms. The SMILES string of the molecule is C=C(CNC)CN1CC(C)CC1C. The summed E-state index contributed by atoms with van der Waals surface area (Å²) in [6.07, 6.45) is 1.34. The third-order valence-electron chi connectivity index (χ3n) is 2.77. The number of hydrogen-bond donors (Lipinski definition) is 1. The second-order valence-electron chi connectivity index (χ2n) is 4.40. The van der Waals surface area contributed by atoms with Crippen molar-refractivity contribution in [3.8, 4) is 0 Å². The highest BCUT2D eigenvalue weighted by molar-refractivity contribution is 5.01. The lowest BCUT2D eigenvalue weighted by molar-refractivity contribution is 0.286. The molecule has 2 unspecified atom stereocenters. The number of likely N-dealkylation sites (tertiary alicyclic amines) is 1. The number of rotatable bonds is 4. The lowest BCUT2D eigenvalue weighted by Gasteiger charge is -2.22. The molecule has 0 aromatic carbocycles. The van der Waals surface area contributed by atoms with E-state index in [-0.39, 0.29) is 0 Å². The van der Waals surface area contributed by atoms with Gasteiger partial charge in [-0.3, -0.25) is 4.90 Å². The summed E-state index contributed by atoms with van der Waals surface area (Å²) in [6.45, 7) is 12.0. The Morgan fingerprint density at radius 2 is 2.23 bits per heavy atom. The van der Waals surface area contributed by atoms with Gasteiger partial charge >= 0.3 is 0 Å². The third kappa shape index (κ3) is 3.12. The van der Waals surface area contributed by atoms with Crippen molar-refractivity contribution in [1.29, 1.82) is 0 Å². The molecule has 0 aromatic heterocycles. The Kier molecular flexibility index (Phi) is 3.94. The van der Waals surface area contributed by atoms with Gasteiger partial charge in [-0.2, -0.15) is 0 Å². The molecule has 1 aliphatic rings. The molecule has 2 heteroatoms. The van der Waals surface area contributed by atoms with Gasteiger partial charge in [-0.15, -0.1) is 0 Å². The van der Waals surface area contributed by atoms with Crippen molar-refractivity contribution < 1.29 is 0 Å². The van der Waals surface area contributed by atoms with Gasteiger partial charge in [0.15, 0.2) is 0 Å². The van der Waals surface area contributed by atoms with E-state index in [1.807, 2.05) is 7.05 Å². The fraction of sp³-hybridized carbons (Fsp3) is 0.818. The molecule has 1 heterocycles. The summed E-state index contributed by atoms with van der Waals surface area (Å²) in [5.41, 5.74) is 1.29. The zero-order valence-electron chi connectivity index (χ0n) is 9.14. The molecule has 0 bridgehead atoms. The van der Waals surface area contributed by atoms with Gasteiger partial charge in [-0.25, -0.2) is 0 Å². The second kappa shape index (κ2) is 4.77. The van der Waals surface area contributed by atoms with Gasteiger partial charge in [-0.1, -0.05) is 13.5 Å². The van der Waals surface area contributed by atoms with Crippen LogP contribution in [0.5, 0.6) is 0 Å². The Labute approximate surface area is 82.0 Å². The lowest BCUT2D eigenvalue weighted by Crippen LogP contribution is -2.31. The fourth-order valence-electron chi connectivity index (χ4n) is 2.20. The highest BCUT2D eigenvalue weighted by Gasteiger charge is 2.25. The average Bonchev–Trinajstić information content (AvgIpc) is 2.30. The van der Waals surface area contributed by atoms with Gasteiger partial charge in [0.25, 0.3) is 0 Å². The molecule has 0 aromatic rings. The number of nitrogens with zero attached hydrogens (tertiary/aromatic N) is 1. The minimum Gasteiger partial charge on any atom is -0.316 e. The van der Waals surface area contributed by atoms with Crippen molar-refractivity contribution in [2.75, 3.05) is 26.7 Å². The van der Waals surface area contributed by atoms with Crippen LogP contribution in [0.3, 0.4) is 0 Å². The van der Waals surface area contributed by atoms with Crippen LogP contribution in [0, 0.1) is 5.92 Å². The number of nitrogens with one attached hydrogen (secondary N) is 1. The first kappa shape index (κ1) is 10.7. The molecule has 1 N–H and O–H groups in total. The molecule has 1 fully saturated rings. The van der Waals surface area contributed by atoms with E-state index in [9.17, 15) is 0 Å². The monoisotopic (exact) mass is 182 g/mol. The zero-order chi connectivity index (χ0) is 9.84. The zero-order valence-corrected chi connectivity index (χ0v) is 9.14. The van der Waals surface area contributed by atoms with E-state index in [0.29, 0.717) is 0 Å². The van der Waals surface area contributed by atoms with E-state index in [4.69, 9.17) is 0 Å². The fourth-order valence-corrected chi connectivity index (χ4v) is 2.20. The first-order valence-corrected chi connectivity index (χ1v) is 5.18. The summed E-state index contributed by atoms with van der Waals surface area (Å²) in [5, 5.41) is 3.14. The van der Waals surface area contributed by atoms with E-state index >= 15 is 0 Å². The van der Waals surface area contributed by atoms with E-state index in [0.717, 1.165) is 25.0 Å². The molecular weight excluding hydrogens is 160 g/mol. The predicted octanol–water partition coefficient (Wildman–Crippen LogP) is 1.49. The standard InChI is InChI=1S/C11H22N2/c1-9-5-11(3)13(7-9)8-10(2)6-12-4/h9,11-12H,2,5-8H2,1,3-4H3. The van der Waals surface area contributed by atoms with Gasteiger partial charge in [0.05, 0.1) is 0 Å². The van der Waals surface area contributed by atoms with Crippen molar-refractivity contribution in [3.05, 3.63) is 12.2 Å². The van der Waals surface area contributed by atoms with E-state index in [1.54, 1.807) is 0 Å². The Balaban J connectivity index is 2.32. The van der Waals surface area contributed by atoms with Gasteiger partial charge < -0.3 is 5.32 Å². The van der Waals surface area contributed by atoms with Crippen molar-refractivity contribution >= 4 is 0 Å². The Morgan fingerprint density at radius 1 is 1.54 bits per heavy atom. The Bertz CT molecular complexity index is 177. The third-order valence-corrected chi connectivity index (χ3v) is 2.77. The molecule has 2 nitrogen and oxygen atoms in total. The molecule has 0 amide bonds. The van der Waals surface area contributed by atoms with Crippen LogP contribution in [0.15, 0.2) is 12.2 Å². The summed E-state index contributed by atoms with van der Waals surface area (Å²) in [6, 6.07) is 0.739. The Hall–Kier alpha value is -0.340. The second-order valence-corrected chi connectivity index (χ2v) is 4.40. The number of hydrogen-bond acceptors (Lipinski definition) is 2. The molecule has 0 saturated carbocycles. The molecule has 1 aliphatic heterocycles. The quantitative estimate of drug-likeness (QED) is 0.663. The van der Waals surface area contributed by atoms with Crippen molar-refractivity contribution in [1.82, 2.24) is 10.2 Å². The van der Waals surface area contributed by atoms with Crippen LogP contribution in [-0.4, -0.2) is 37.6 Å². The topological polar surface area (TPSA) is 15.3 Å². The maximum atomic E-state index is 4.06. The van der Waals surface area contributed by atoms with Crippen molar-refractivity contribution in [3.63, 3.8) is 0 Å². The van der Waals surface area contributed by atoms with Gasteiger partial charge in [-0.05, 0) is 31.9 Å². The van der Waals surface area contributed by atoms with Crippen LogP contribution >= 0.6 is 0 Å². The maximum absolute atomic E-state index is 4.06. The Morgan fingerprint density at radius 3 is 2.69 bits per heavy atom. The lowest BCUT2D eigenvalue weighted by atomic mass is 10.1. The summed E-state index contributed by atoms with van der Waals surface area (Å²) in [4.78, 5) is 2.53. The van der Waals surface area contributed by atoms with Crippen LogP contribution < -0.4 is 5.32 Å². The first-order valence-electron chi connectivity index (χ1n) is 5.18. The minimum absolute atomic E-state index is 0.739. The van der Waals surface area contributed by atoms with Crippen LogP contribution in [0.1, 0.15) is 20.3 Å². The molecule has 1 rings (SSSR count). The highest BCUT2D eigenvalue weighted by atomic mass is 15.2. The van der Waals surface area contributed by atoms with Crippen molar-refractivity contribution in [2.24, 2.45) is 5.92 Å². The van der Waals surface area contributed by atoms with Crippen LogP contribution in [0.2, 0.25) is 0 Å². The molecule has 2 atom stereocenters. The molecular formula is C11H22N2. The van der Waals surface area contributed by atoms with Crippen LogP contribution in [0.4, 0.5) is 0 Å². The summed E-state index contributed by atoms with van der Waals surface area (Å²) in [7, 11) is 1.97. The van der Waals surface area contributed by atoms with Crippen LogP contribution in [-0.2, 0) is 0 Å². The number of likely N-dealkylation sites (N-methyl/N-ethyl adjacent to an activating group) is 1. The van der Waals surface area contributed by atoms with E-state index in [2.05, 4.69) is 30.6 Å². The average molecular weight is 182 g/mol. The largest absolute Gasteiger partial charge is 0.316 e. The molecule has 0 radical (unpaired) electrons. The minimum atomic E-state index is 0.739. The molecule has 1 saturated heterocycles. The summed E-state index contributed by atoms with van der Waals surface area (Å²) in [5.74, 6) is 0.859. The predicted molar refractivity (Wildman–Crippen MR) is 57.9 cm³/mol. The van der Waals surface area contributed by atoms with Gasteiger partial charge in [0.2, 0.25) is 0 Å². The summed E-state index contributed by atoms with van der Waals surface area (Å²) < 4.78 is 0. The molecule has 76 valence electrons. The highest BCUT2D eigenvalue weighted by Crippen LogP contribution is 2.22. The first-order chi connectivity index (χ1) is 6.13. The van der Waals surface area contributed by atoms with Gasteiger partial charge in [0, 0.05) is 25.7 Å². The van der Waals surface area contributed by atoms with E-state index in [1.165, 1.54) is 18.5 Å². The van der Waals surface area contributed by atoms with Crippen LogP contribution in [0.25, 0.3) is 0 Å². The summed E-state index contributed by atoms with van der Waals surface area (Å²) >= 11 is 0. The van der Waals surface area contributed by atoms with Crippen molar-refractivity contribution in [2.45, 2.75) is 26.3 Å². The molecule has 0 spiro atoms. The molecule has 0 aliphatic carbocycles. The van der Waals surface area contributed by atoms with Gasteiger partial charge in [0.1, 0.15) is 0 Å². The smallest absolute Gasteiger partial charge is 0.0205 e. The normalized spacial score (nSPS) is 29.5.